The molecule has 0 saturated heterocycles. The van der Waals surface area contributed by atoms with Crippen molar-refractivity contribution in [2.75, 3.05) is 6.61 Å². The Morgan fingerprint density at radius 3 is 1.84 bits per heavy atom. The minimum Gasteiger partial charge on any atom is -0.494 e. The summed E-state index contributed by atoms with van der Waals surface area (Å²) in [5.74, 6) is 0.997. The van der Waals surface area contributed by atoms with E-state index in [1.807, 2.05) is 0 Å². The Balaban J connectivity index is 1.97. The lowest BCUT2D eigenvalue weighted by Crippen LogP contribution is -2.52. The maximum absolute atomic E-state index is 6.16. The minimum absolute atomic E-state index is 0.185. The molecule has 3 aromatic rings. The average molecular weight is 328 g/mol. The van der Waals surface area contributed by atoms with Gasteiger partial charge in [0.25, 0.3) is 0 Å². The molecule has 0 heterocycles. The molecule has 0 atom stereocenters. The van der Waals surface area contributed by atoms with E-state index in [-0.39, 0.29) is 6.71 Å². The fourth-order valence-electron chi connectivity index (χ4n) is 3.23. The van der Waals surface area contributed by atoms with E-state index in [0.29, 0.717) is 0 Å². The van der Waals surface area contributed by atoms with Crippen molar-refractivity contribution in [3.05, 3.63) is 84.9 Å². The highest BCUT2D eigenvalue weighted by atomic mass is 16.5. The molecule has 1 nitrogen and oxygen atoms in total. The Kier molecular flexibility index (Phi) is 6.33. The highest BCUT2D eigenvalue weighted by Crippen LogP contribution is 2.10. The molecule has 2 heteroatoms. The van der Waals surface area contributed by atoms with Crippen LogP contribution in [0.3, 0.4) is 0 Å². The molecule has 126 valence electrons. The van der Waals surface area contributed by atoms with Gasteiger partial charge in [0.15, 0.2) is 0 Å². The van der Waals surface area contributed by atoms with Gasteiger partial charge in [-0.2, -0.15) is 0 Å². The first-order valence-electron chi connectivity index (χ1n) is 9.21. The van der Waals surface area contributed by atoms with E-state index in [9.17, 15) is 0 Å². The SMILES string of the molecule is CCCCCOc1ccccc1B(c1ccccc1)c1ccccc1. The van der Waals surface area contributed by atoms with Crippen LogP contribution in [0.15, 0.2) is 84.9 Å². The van der Waals surface area contributed by atoms with Gasteiger partial charge in [-0.25, -0.2) is 0 Å². The van der Waals surface area contributed by atoms with Crippen molar-refractivity contribution in [1.29, 1.82) is 0 Å². The summed E-state index contributed by atoms with van der Waals surface area (Å²) >= 11 is 0. The van der Waals surface area contributed by atoms with Gasteiger partial charge in [0.05, 0.1) is 6.61 Å². The number of hydrogen-bond acceptors (Lipinski definition) is 1. The zero-order valence-corrected chi connectivity index (χ0v) is 14.9. The van der Waals surface area contributed by atoms with E-state index in [1.165, 1.54) is 29.2 Å². The summed E-state index contributed by atoms with van der Waals surface area (Å²) < 4.78 is 6.16. The molecule has 25 heavy (non-hydrogen) atoms. The first kappa shape index (κ1) is 17.4. The molecule has 0 radical (unpaired) electrons. The van der Waals surface area contributed by atoms with Gasteiger partial charge in [-0.05, 0) is 17.9 Å². The summed E-state index contributed by atoms with van der Waals surface area (Å²) in [5, 5.41) is 0. The van der Waals surface area contributed by atoms with E-state index in [1.54, 1.807) is 0 Å². The summed E-state index contributed by atoms with van der Waals surface area (Å²) in [5.41, 5.74) is 3.81. The number of hydrogen-bond donors (Lipinski definition) is 0. The molecule has 0 aromatic heterocycles. The Hall–Kier alpha value is -2.48. The fourth-order valence-corrected chi connectivity index (χ4v) is 3.23. The second-order valence-corrected chi connectivity index (χ2v) is 6.35. The monoisotopic (exact) mass is 328 g/mol. The van der Waals surface area contributed by atoms with E-state index in [0.717, 1.165) is 18.8 Å². The van der Waals surface area contributed by atoms with Crippen molar-refractivity contribution in [2.45, 2.75) is 26.2 Å². The van der Waals surface area contributed by atoms with E-state index in [4.69, 9.17) is 4.74 Å². The van der Waals surface area contributed by atoms with Gasteiger partial charge >= 0.3 is 0 Å². The predicted molar refractivity (Wildman–Crippen MR) is 109 cm³/mol. The highest BCUT2D eigenvalue weighted by molar-refractivity contribution is 6.96. The Morgan fingerprint density at radius 1 is 0.680 bits per heavy atom. The Labute approximate surface area is 151 Å². The molecule has 0 fully saturated rings. The second kappa shape index (κ2) is 9.12. The van der Waals surface area contributed by atoms with Gasteiger partial charge < -0.3 is 4.74 Å². The van der Waals surface area contributed by atoms with Gasteiger partial charge in [-0.15, -0.1) is 0 Å². The second-order valence-electron chi connectivity index (χ2n) is 6.35. The van der Waals surface area contributed by atoms with Crippen LogP contribution in [0.25, 0.3) is 0 Å². The maximum Gasteiger partial charge on any atom is 0.246 e. The lowest BCUT2D eigenvalue weighted by molar-refractivity contribution is 0.308. The van der Waals surface area contributed by atoms with Crippen LogP contribution in [0, 0.1) is 0 Å². The predicted octanol–water partition coefficient (Wildman–Crippen LogP) is 3.77. The topological polar surface area (TPSA) is 9.23 Å². The first-order valence-corrected chi connectivity index (χ1v) is 9.21. The van der Waals surface area contributed by atoms with Crippen molar-refractivity contribution in [2.24, 2.45) is 0 Å². The van der Waals surface area contributed by atoms with Crippen molar-refractivity contribution in [1.82, 2.24) is 0 Å². The van der Waals surface area contributed by atoms with E-state index < -0.39 is 0 Å². The zero-order chi connectivity index (χ0) is 17.3. The third-order valence-electron chi connectivity index (χ3n) is 4.50. The van der Waals surface area contributed by atoms with Crippen molar-refractivity contribution in [3.63, 3.8) is 0 Å². The molecule has 0 saturated carbocycles. The van der Waals surface area contributed by atoms with Crippen LogP contribution in [0.1, 0.15) is 26.2 Å². The van der Waals surface area contributed by atoms with Gasteiger partial charge in [-0.1, -0.05) is 110 Å². The summed E-state index contributed by atoms with van der Waals surface area (Å²) in [6.45, 7) is 3.18. The van der Waals surface area contributed by atoms with Crippen LogP contribution in [0.2, 0.25) is 0 Å². The van der Waals surface area contributed by atoms with Crippen LogP contribution in [-0.2, 0) is 0 Å². The van der Waals surface area contributed by atoms with Crippen LogP contribution < -0.4 is 21.1 Å². The number of unbranched alkanes of at least 4 members (excludes halogenated alkanes) is 2. The minimum atomic E-state index is 0.185. The lowest BCUT2D eigenvalue weighted by atomic mass is 9.36. The molecule has 0 aliphatic carbocycles. The fraction of sp³-hybridized carbons (Fsp3) is 0.217. The maximum atomic E-state index is 6.16. The highest BCUT2D eigenvalue weighted by Gasteiger charge is 2.24. The van der Waals surface area contributed by atoms with Crippen molar-refractivity contribution >= 4 is 23.1 Å². The smallest absolute Gasteiger partial charge is 0.246 e. The molecule has 0 unspecified atom stereocenters. The van der Waals surface area contributed by atoms with Gasteiger partial charge in [0.2, 0.25) is 6.71 Å². The Morgan fingerprint density at radius 2 is 1.24 bits per heavy atom. The molecule has 0 N–H and O–H groups in total. The number of benzene rings is 3. The molecule has 0 spiro atoms. The summed E-state index contributed by atoms with van der Waals surface area (Å²) in [4.78, 5) is 0. The normalized spacial score (nSPS) is 10.4. The van der Waals surface area contributed by atoms with Crippen LogP contribution in [0.5, 0.6) is 5.75 Å². The van der Waals surface area contributed by atoms with E-state index >= 15 is 0 Å². The van der Waals surface area contributed by atoms with Crippen molar-refractivity contribution in [3.8, 4) is 5.75 Å². The number of ether oxygens (including phenoxy) is 1. The van der Waals surface area contributed by atoms with Crippen LogP contribution in [0.4, 0.5) is 0 Å². The molecule has 0 amide bonds. The quantitative estimate of drug-likeness (QED) is 0.452. The third kappa shape index (κ3) is 4.54. The molecular formula is C23H25BO. The van der Waals surface area contributed by atoms with Gasteiger partial charge in [0.1, 0.15) is 5.75 Å². The molecule has 3 aromatic carbocycles. The molecule has 3 rings (SSSR count). The lowest BCUT2D eigenvalue weighted by Gasteiger charge is -2.19. The molecule has 0 aliphatic rings. The molecular weight excluding hydrogens is 303 g/mol. The third-order valence-corrected chi connectivity index (χ3v) is 4.50. The average Bonchev–Trinajstić information content (AvgIpc) is 2.68. The van der Waals surface area contributed by atoms with Crippen LogP contribution >= 0.6 is 0 Å². The summed E-state index contributed by atoms with van der Waals surface area (Å²) in [6, 6.07) is 29.8. The van der Waals surface area contributed by atoms with Gasteiger partial charge in [-0.3, -0.25) is 0 Å². The summed E-state index contributed by atoms with van der Waals surface area (Å²) in [7, 11) is 0. The largest absolute Gasteiger partial charge is 0.494 e. The van der Waals surface area contributed by atoms with Gasteiger partial charge in [0, 0.05) is 0 Å². The van der Waals surface area contributed by atoms with Crippen LogP contribution in [-0.4, -0.2) is 13.3 Å². The van der Waals surface area contributed by atoms with Crippen molar-refractivity contribution < 1.29 is 4.74 Å². The van der Waals surface area contributed by atoms with E-state index in [2.05, 4.69) is 91.9 Å². The molecule has 0 aliphatic heterocycles. The number of rotatable bonds is 8. The first-order chi connectivity index (χ1) is 12.4. The standard InChI is InChI=1S/C23H25BO/c1-2-3-12-19-25-23-18-11-10-17-22(23)24(20-13-6-4-7-14-20)21-15-8-5-9-16-21/h4-11,13-18H,2-3,12,19H2,1H3. The molecule has 0 bridgehead atoms. The zero-order valence-electron chi connectivity index (χ0n) is 14.9. The summed E-state index contributed by atoms with van der Waals surface area (Å²) in [6.07, 6.45) is 3.52. The Bertz CT molecular complexity index is 716. The number of para-hydroxylation sites is 1.